The van der Waals surface area contributed by atoms with Gasteiger partial charge in [-0.25, -0.2) is 0 Å². The van der Waals surface area contributed by atoms with E-state index in [1.807, 2.05) is 12.1 Å². The second-order valence-corrected chi connectivity index (χ2v) is 6.13. The zero-order chi connectivity index (χ0) is 14.3. The number of hydrogen-bond donors (Lipinski definition) is 1. The van der Waals surface area contributed by atoms with Gasteiger partial charge in [-0.1, -0.05) is 51.3 Å². The Morgan fingerprint density at radius 3 is 2.47 bits per heavy atom. The predicted molar refractivity (Wildman–Crippen MR) is 75.6 cm³/mol. The normalized spacial score (nSPS) is 11.8. The summed E-state index contributed by atoms with van der Waals surface area (Å²) in [4.78, 5) is 0. The molecule has 0 radical (unpaired) electrons. The van der Waals surface area contributed by atoms with Gasteiger partial charge in [0, 0.05) is 0 Å². The second kappa shape index (κ2) is 7.50. The maximum atomic E-state index is 10.7. The molecule has 1 aromatic rings. The summed E-state index contributed by atoms with van der Waals surface area (Å²) in [7, 11) is -4.45. The molecule has 0 fully saturated rings. The van der Waals surface area contributed by atoms with Gasteiger partial charge in [-0.15, -0.1) is 0 Å². The summed E-state index contributed by atoms with van der Waals surface area (Å²) in [5.74, 6) is 0.934. The molecule has 1 aromatic carbocycles. The van der Waals surface area contributed by atoms with E-state index in [1.165, 1.54) is 12.8 Å². The van der Waals surface area contributed by atoms with Crippen molar-refractivity contribution in [2.75, 3.05) is 0 Å². The third kappa shape index (κ3) is 7.18. The molecule has 0 heterocycles. The monoisotopic (exact) mass is 286 g/mol. The fraction of sp³-hybridized carbons (Fsp3) is 0.571. The minimum atomic E-state index is -4.45. The Morgan fingerprint density at radius 1 is 1.16 bits per heavy atom. The van der Waals surface area contributed by atoms with Crippen LogP contribution in [0.1, 0.15) is 45.1 Å². The van der Waals surface area contributed by atoms with Crippen molar-refractivity contribution in [2.24, 2.45) is 5.92 Å². The van der Waals surface area contributed by atoms with Gasteiger partial charge in [0.25, 0.3) is 0 Å². The molecule has 108 valence electrons. The van der Waals surface area contributed by atoms with Crippen LogP contribution in [-0.2, 0) is 16.8 Å². The highest BCUT2D eigenvalue weighted by Crippen LogP contribution is 2.22. The molecule has 0 spiro atoms. The molecule has 0 aliphatic rings. The standard InChI is InChI=1S/C14H22O4S/c1-12(2)8-4-3-5-9-13-10-6-7-11-14(13)18-19(15,16)17/h6-7,10-12H,3-5,8-9H2,1-2H3,(H,15,16,17). The molecule has 19 heavy (non-hydrogen) atoms. The van der Waals surface area contributed by atoms with Crippen LogP contribution in [-0.4, -0.2) is 13.0 Å². The van der Waals surface area contributed by atoms with Gasteiger partial charge in [0.05, 0.1) is 0 Å². The minimum absolute atomic E-state index is 0.217. The number of aryl methyl sites for hydroxylation is 1. The van der Waals surface area contributed by atoms with Crippen LogP contribution >= 0.6 is 0 Å². The van der Waals surface area contributed by atoms with Crippen LogP contribution in [0.5, 0.6) is 5.75 Å². The SMILES string of the molecule is CC(C)CCCCCc1ccccc1OS(=O)(=O)O. The Balaban J connectivity index is 2.49. The van der Waals surface area contributed by atoms with E-state index in [2.05, 4.69) is 18.0 Å². The number of para-hydroxylation sites is 1. The topological polar surface area (TPSA) is 63.6 Å². The largest absolute Gasteiger partial charge is 0.446 e. The van der Waals surface area contributed by atoms with E-state index in [0.29, 0.717) is 0 Å². The third-order valence-electron chi connectivity index (χ3n) is 2.90. The van der Waals surface area contributed by atoms with Crippen molar-refractivity contribution in [1.29, 1.82) is 0 Å². The summed E-state index contributed by atoms with van der Waals surface area (Å²) >= 11 is 0. The average molecular weight is 286 g/mol. The first-order valence-electron chi connectivity index (χ1n) is 6.63. The van der Waals surface area contributed by atoms with Crippen molar-refractivity contribution in [2.45, 2.75) is 46.0 Å². The van der Waals surface area contributed by atoms with Gasteiger partial charge in [0.2, 0.25) is 0 Å². The highest BCUT2D eigenvalue weighted by atomic mass is 32.3. The van der Waals surface area contributed by atoms with Gasteiger partial charge in [0.15, 0.2) is 0 Å². The molecular formula is C14H22O4S. The summed E-state index contributed by atoms with van der Waals surface area (Å²) < 4.78 is 34.7. The first kappa shape index (κ1) is 16.0. The maximum Gasteiger partial charge on any atom is 0.446 e. The lowest BCUT2D eigenvalue weighted by Gasteiger charge is -2.09. The van der Waals surface area contributed by atoms with E-state index in [1.54, 1.807) is 12.1 Å². The Morgan fingerprint density at radius 2 is 1.84 bits per heavy atom. The molecule has 4 nitrogen and oxygen atoms in total. The number of hydrogen-bond acceptors (Lipinski definition) is 3. The highest BCUT2D eigenvalue weighted by molar-refractivity contribution is 7.81. The van der Waals surface area contributed by atoms with E-state index >= 15 is 0 Å². The van der Waals surface area contributed by atoms with Crippen LogP contribution in [0, 0.1) is 5.92 Å². The summed E-state index contributed by atoms with van der Waals surface area (Å²) in [6, 6.07) is 6.89. The molecule has 1 N–H and O–H groups in total. The Kier molecular flexibility index (Phi) is 6.31. The van der Waals surface area contributed by atoms with E-state index in [-0.39, 0.29) is 5.75 Å². The van der Waals surface area contributed by atoms with E-state index in [9.17, 15) is 8.42 Å². The molecule has 1 rings (SSSR count). The fourth-order valence-corrected chi connectivity index (χ4v) is 2.34. The van der Waals surface area contributed by atoms with Crippen molar-refractivity contribution in [3.8, 4) is 5.75 Å². The van der Waals surface area contributed by atoms with Gasteiger partial charge in [-0.05, 0) is 30.4 Å². The molecule has 0 aliphatic heterocycles. The second-order valence-electron chi connectivity index (χ2n) is 5.11. The number of rotatable bonds is 8. The number of unbranched alkanes of at least 4 members (excludes halogenated alkanes) is 2. The quantitative estimate of drug-likeness (QED) is 0.585. The lowest BCUT2D eigenvalue weighted by molar-refractivity contribution is 0.385. The van der Waals surface area contributed by atoms with Gasteiger partial charge in [-0.3, -0.25) is 4.55 Å². The minimum Gasteiger partial charge on any atom is -0.362 e. The zero-order valence-corrected chi connectivity index (χ0v) is 12.3. The van der Waals surface area contributed by atoms with E-state index in [4.69, 9.17) is 4.55 Å². The lowest BCUT2D eigenvalue weighted by Crippen LogP contribution is -2.08. The van der Waals surface area contributed by atoms with Gasteiger partial charge in [-0.2, -0.15) is 8.42 Å². The Labute approximate surface area is 115 Å². The van der Waals surface area contributed by atoms with Crippen LogP contribution in [0.25, 0.3) is 0 Å². The number of benzene rings is 1. The lowest BCUT2D eigenvalue weighted by atomic mass is 10.0. The molecular weight excluding hydrogens is 264 g/mol. The molecule has 5 heteroatoms. The zero-order valence-electron chi connectivity index (χ0n) is 11.5. The molecule has 0 bridgehead atoms. The highest BCUT2D eigenvalue weighted by Gasteiger charge is 2.10. The molecule has 0 amide bonds. The first-order chi connectivity index (χ1) is 8.88. The first-order valence-corrected chi connectivity index (χ1v) is 8.00. The smallest absolute Gasteiger partial charge is 0.362 e. The van der Waals surface area contributed by atoms with Gasteiger partial charge in [0.1, 0.15) is 5.75 Å². The van der Waals surface area contributed by atoms with Crippen molar-refractivity contribution in [1.82, 2.24) is 0 Å². The van der Waals surface area contributed by atoms with Crippen molar-refractivity contribution in [3.63, 3.8) is 0 Å². The summed E-state index contributed by atoms with van der Waals surface area (Å²) in [5.41, 5.74) is 0.810. The Hall–Kier alpha value is -1.07. The van der Waals surface area contributed by atoms with Gasteiger partial charge >= 0.3 is 10.4 Å². The van der Waals surface area contributed by atoms with E-state index < -0.39 is 10.4 Å². The Bertz CT molecular complexity index is 480. The van der Waals surface area contributed by atoms with Crippen molar-refractivity contribution in [3.05, 3.63) is 29.8 Å². The van der Waals surface area contributed by atoms with Gasteiger partial charge < -0.3 is 4.18 Å². The molecule has 0 aromatic heterocycles. The summed E-state index contributed by atoms with van der Waals surface area (Å²) in [6.45, 7) is 4.41. The van der Waals surface area contributed by atoms with Crippen LogP contribution in [0.2, 0.25) is 0 Å². The van der Waals surface area contributed by atoms with Crippen molar-refractivity contribution < 1.29 is 17.2 Å². The average Bonchev–Trinajstić information content (AvgIpc) is 2.28. The molecule has 0 saturated heterocycles. The molecule has 0 aliphatic carbocycles. The summed E-state index contributed by atoms with van der Waals surface area (Å²) in [5, 5.41) is 0. The molecule has 0 unspecified atom stereocenters. The third-order valence-corrected chi connectivity index (χ3v) is 3.29. The molecule has 0 saturated carbocycles. The van der Waals surface area contributed by atoms with Crippen LogP contribution < -0.4 is 4.18 Å². The molecule has 0 atom stereocenters. The summed E-state index contributed by atoms with van der Waals surface area (Å²) in [6.07, 6.45) is 5.24. The maximum absolute atomic E-state index is 10.7. The van der Waals surface area contributed by atoms with E-state index in [0.717, 1.165) is 30.7 Å². The van der Waals surface area contributed by atoms with Crippen molar-refractivity contribution >= 4 is 10.4 Å². The van der Waals surface area contributed by atoms with Crippen LogP contribution in [0.3, 0.4) is 0 Å². The fourth-order valence-electron chi connectivity index (χ4n) is 1.95. The van der Waals surface area contributed by atoms with Crippen LogP contribution in [0.15, 0.2) is 24.3 Å². The van der Waals surface area contributed by atoms with Crippen LogP contribution in [0.4, 0.5) is 0 Å². The predicted octanol–water partition coefficient (Wildman–Crippen LogP) is 3.63.